The largest absolute Gasteiger partial charge is 0.489 e. The number of carbonyl (C=O) groups excluding carboxylic acids is 1. The van der Waals surface area contributed by atoms with Crippen molar-refractivity contribution in [3.8, 4) is 5.75 Å². The zero-order valence-electron chi connectivity index (χ0n) is 15.0. The summed E-state index contributed by atoms with van der Waals surface area (Å²) in [5, 5.41) is 0. The number of rotatable bonds is 7. The average molecular weight is 393 g/mol. The first kappa shape index (κ1) is 19.5. The number of ether oxygens (including phenoxy) is 1. The predicted octanol–water partition coefficient (Wildman–Crippen LogP) is 3.89. The monoisotopic (exact) mass is 393 g/mol. The number of hydrogen-bond donors (Lipinski definition) is 0. The molecule has 0 spiro atoms. The maximum Gasteiger partial charge on any atom is 0.406 e. The van der Waals surface area contributed by atoms with E-state index in [9.17, 15) is 18.0 Å². The Morgan fingerprint density at radius 1 is 1.25 bits per heavy atom. The van der Waals surface area contributed by atoms with Crippen molar-refractivity contribution in [2.75, 3.05) is 7.05 Å². The fraction of sp³-hybridized carbons (Fsp3) is 0.263. The molecule has 28 heavy (non-hydrogen) atoms. The van der Waals surface area contributed by atoms with E-state index < -0.39 is 18.6 Å². The standard InChI is InChI=1S/C19H18F3N3O3/c1-24(11-16-23-8-9-25(16)13-19(20,21)22)18(26)17-14(7-10-27-17)12-28-15-5-3-2-4-6-15/h2-10H,11-13H2,1H3. The predicted molar refractivity (Wildman–Crippen MR) is 93.6 cm³/mol. The van der Waals surface area contributed by atoms with E-state index >= 15 is 0 Å². The number of para-hydroxylation sites is 1. The summed E-state index contributed by atoms with van der Waals surface area (Å²) in [4.78, 5) is 17.8. The molecule has 1 amide bonds. The topological polar surface area (TPSA) is 60.5 Å². The molecule has 0 aliphatic carbocycles. The van der Waals surface area contributed by atoms with Crippen molar-refractivity contribution >= 4 is 5.91 Å². The van der Waals surface area contributed by atoms with Crippen LogP contribution in [0.3, 0.4) is 0 Å². The lowest BCUT2D eigenvalue weighted by molar-refractivity contribution is -0.141. The number of nitrogens with zero attached hydrogens (tertiary/aromatic N) is 3. The average Bonchev–Trinajstić information content (AvgIpc) is 3.28. The van der Waals surface area contributed by atoms with Crippen LogP contribution in [0.1, 0.15) is 21.9 Å². The van der Waals surface area contributed by atoms with E-state index in [1.54, 1.807) is 18.2 Å². The van der Waals surface area contributed by atoms with Gasteiger partial charge >= 0.3 is 6.18 Å². The minimum Gasteiger partial charge on any atom is -0.489 e. The van der Waals surface area contributed by atoms with Crippen LogP contribution in [0.2, 0.25) is 0 Å². The van der Waals surface area contributed by atoms with E-state index in [0.717, 1.165) is 4.57 Å². The van der Waals surface area contributed by atoms with Crippen molar-refractivity contribution in [2.24, 2.45) is 0 Å². The molecule has 148 valence electrons. The molecule has 0 saturated heterocycles. The third kappa shape index (κ3) is 4.93. The summed E-state index contributed by atoms with van der Waals surface area (Å²) in [6, 6.07) is 10.7. The molecule has 0 fully saturated rings. The van der Waals surface area contributed by atoms with Crippen LogP contribution < -0.4 is 4.74 Å². The summed E-state index contributed by atoms with van der Waals surface area (Å²) in [5.41, 5.74) is 0.541. The molecule has 2 heterocycles. The molecule has 0 unspecified atom stereocenters. The van der Waals surface area contributed by atoms with Crippen molar-refractivity contribution in [3.05, 3.63) is 72.2 Å². The van der Waals surface area contributed by atoms with E-state index in [1.807, 2.05) is 18.2 Å². The number of hydrogen-bond acceptors (Lipinski definition) is 4. The van der Waals surface area contributed by atoms with E-state index in [1.165, 1.54) is 30.6 Å². The number of aromatic nitrogens is 2. The summed E-state index contributed by atoms with van der Waals surface area (Å²) in [5.74, 6) is 0.372. The summed E-state index contributed by atoms with van der Waals surface area (Å²) in [6.45, 7) is -1.14. The zero-order chi connectivity index (χ0) is 20.1. The Hall–Kier alpha value is -3.23. The number of amides is 1. The van der Waals surface area contributed by atoms with Gasteiger partial charge in [-0.05, 0) is 18.2 Å². The summed E-state index contributed by atoms with van der Waals surface area (Å²) in [7, 11) is 1.47. The van der Waals surface area contributed by atoms with Gasteiger partial charge < -0.3 is 18.6 Å². The Labute approximate surface area is 159 Å². The lowest BCUT2D eigenvalue weighted by Gasteiger charge is -2.18. The summed E-state index contributed by atoms with van der Waals surface area (Å²) < 4.78 is 49.8. The van der Waals surface area contributed by atoms with Crippen molar-refractivity contribution in [1.29, 1.82) is 0 Å². The van der Waals surface area contributed by atoms with Gasteiger partial charge in [-0.25, -0.2) is 4.98 Å². The molecule has 0 atom stereocenters. The number of furan rings is 1. The van der Waals surface area contributed by atoms with Gasteiger partial charge in [0.2, 0.25) is 0 Å². The number of benzene rings is 1. The van der Waals surface area contributed by atoms with Gasteiger partial charge in [0.05, 0.1) is 12.8 Å². The Kier molecular flexibility index (Phi) is 5.72. The van der Waals surface area contributed by atoms with Crippen LogP contribution >= 0.6 is 0 Å². The van der Waals surface area contributed by atoms with Gasteiger partial charge in [0.15, 0.2) is 5.76 Å². The quantitative estimate of drug-likeness (QED) is 0.611. The molecule has 0 N–H and O–H groups in total. The molecule has 0 radical (unpaired) electrons. The number of carbonyl (C=O) groups is 1. The maximum atomic E-state index is 12.7. The third-order valence-electron chi connectivity index (χ3n) is 3.96. The van der Waals surface area contributed by atoms with E-state index in [2.05, 4.69) is 4.98 Å². The first-order chi connectivity index (χ1) is 13.3. The highest BCUT2D eigenvalue weighted by atomic mass is 19.4. The Balaban J connectivity index is 1.66. The van der Waals surface area contributed by atoms with Gasteiger partial charge in [0.25, 0.3) is 5.91 Å². The Morgan fingerprint density at radius 3 is 2.71 bits per heavy atom. The lowest BCUT2D eigenvalue weighted by atomic mass is 10.2. The Morgan fingerprint density at radius 2 is 2.00 bits per heavy atom. The van der Waals surface area contributed by atoms with E-state index in [-0.39, 0.29) is 24.7 Å². The third-order valence-corrected chi connectivity index (χ3v) is 3.96. The second-order valence-electron chi connectivity index (χ2n) is 6.12. The molecule has 0 saturated carbocycles. The van der Waals surface area contributed by atoms with Crippen LogP contribution in [-0.2, 0) is 19.7 Å². The van der Waals surface area contributed by atoms with Crippen LogP contribution in [0, 0.1) is 0 Å². The van der Waals surface area contributed by atoms with Crippen molar-refractivity contribution in [1.82, 2.24) is 14.5 Å². The van der Waals surface area contributed by atoms with Crippen LogP contribution in [0.25, 0.3) is 0 Å². The van der Waals surface area contributed by atoms with Gasteiger partial charge in [0, 0.05) is 25.0 Å². The fourth-order valence-corrected chi connectivity index (χ4v) is 2.60. The SMILES string of the molecule is CN(Cc1nccn1CC(F)(F)F)C(=O)c1occc1COc1ccccc1. The van der Waals surface area contributed by atoms with Gasteiger partial charge in [0.1, 0.15) is 24.7 Å². The van der Waals surface area contributed by atoms with Crippen LogP contribution in [-0.4, -0.2) is 33.6 Å². The molecular formula is C19H18F3N3O3. The molecule has 0 aliphatic heterocycles. The van der Waals surface area contributed by atoms with Gasteiger partial charge in [-0.3, -0.25) is 4.79 Å². The first-order valence-corrected chi connectivity index (χ1v) is 8.40. The fourth-order valence-electron chi connectivity index (χ4n) is 2.60. The van der Waals surface area contributed by atoms with E-state index in [0.29, 0.717) is 11.3 Å². The molecular weight excluding hydrogens is 375 g/mol. The molecule has 1 aromatic carbocycles. The highest BCUT2D eigenvalue weighted by Crippen LogP contribution is 2.20. The smallest absolute Gasteiger partial charge is 0.406 e. The number of imidazole rings is 1. The zero-order valence-corrected chi connectivity index (χ0v) is 15.0. The molecule has 0 aliphatic rings. The van der Waals surface area contributed by atoms with Crippen molar-refractivity contribution < 1.29 is 27.1 Å². The normalized spacial score (nSPS) is 11.4. The molecule has 3 rings (SSSR count). The van der Waals surface area contributed by atoms with Crippen molar-refractivity contribution in [3.63, 3.8) is 0 Å². The second kappa shape index (κ2) is 8.20. The number of halogens is 3. The van der Waals surface area contributed by atoms with Gasteiger partial charge in [-0.2, -0.15) is 13.2 Å². The molecule has 9 heteroatoms. The number of alkyl halides is 3. The lowest BCUT2D eigenvalue weighted by Crippen LogP contribution is -2.29. The maximum absolute atomic E-state index is 12.7. The van der Waals surface area contributed by atoms with Gasteiger partial charge in [-0.15, -0.1) is 0 Å². The first-order valence-electron chi connectivity index (χ1n) is 8.40. The van der Waals surface area contributed by atoms with Crippen LogP contribution in [0.5, 0.6) is 5.75 Å². The highest BCUT2D eigenvalue weighted by Gasteiger charge is 2.29. The Bertz CT molecular complexity index is 919. The summed E-state index contributed by atoms with van der Waals surface area (Å²) >= 11 is 0. The summed E-state index contributed by atoms with van der Waals surface area (Å²) in [6.07, 6.45) is -0.505. The minimum atomic E-state index is -4.37. The second-order valence-corrected chi connectivity index (χ2v) is 6.12. The van der Waals surface area contributed by atoms with Crippen LogP contribution in [0.4, 0.5) is 13.2 Å². The van der Waals surface area contributed by atoms with E-state index in [4.69, 9.17) is 9.15 Å². The molecule has 0 bridgehead atoms. The molecule has 2 aromatic heterocycles. The minimum absolute atomic E-state index is 0.0763. The molecule has 3 aromatic rings. The van der Waals surface area contributed by atoms with Crippen LogP contribution in [0.15, 0.2) is 59.5 Å². The highest BCUT2D eigenvalue weighted by molar-refractivity contribution is 5.92. The van der Waals surface area contributed by atoms with Gasteiger partial charge in [-0.1, -0.05) is 18.2 Å². The molecule has 6 nitrogen and oxygen atoms in total. The van der Waals surface area contributed by atoms with Crippen molar-refractivity contribution in [2.45, 2.75) is 25.9 Å².